The first-order valence-corrected chi connectivity index (χ1v) is 6.86. The fourth-order valence-electron chi connectivity index (χ4n) is 2.56. The quantitative estimate of drug-likeness (QED) is 0.748. The Labute approximate surface area is 114 Å². The minimum atomic E-state index is 0.441. The van der Waals surface area contributed by atoms with Crippen molar-refractivity contribution >= 4 is 17.1 Å². The Hall–Kier alpha value is -1.84. The van der Waals surface area contributed by atoms with Crippen molar-refractivity contribution in [2.45, 2.75) is 45.1 Å². The highest BCUT2D eigenvalue weighted by Gasteiger charge is 2.16. The van der Waals surface area contributed by atoms with Gasteiger partial charge in [0, 0.05) is 11.7 Å². The number of anilines is 2. The zero-order chi connectivity index (χ0) is 13.7. The summed E-state index contributed by atoms with van der Waals surface area (Å²) >= 11 is 0. The molecule has 1 fully saturated rings. The van der Waals surface area contributed by atoms with Gasteiger partial charge in [-0.25, -0.2) is 0 Å². The van der Waals surface area contributed by atoms with Crippen LogP contribution in [-0.2, 0) is 0 Å². The Balaban J connectivity index is 2.18. The van der Waals surface area contributed by atoms with Gasteiger partial charge in [-0.3, -0.25) is 0 Å². The van der Waals surface area contributed by atoms with E-state index in [4.69, 9.17) is 0 Å². The predicted molar refractivity (Wildman–Crippen MR) is 80.8 cm³/mol. The number of hydrogen-bond donors (Lipinski definition) is 2. The first-order valence-electron chi connectivity index (χ1n) is 6.86. The number of nitrogens with zero attached hydrogens (tertiary/aromatic N) is 1. The summed E-state index contributed by atoms with van der Waals surface area (Å²) in [6.07, 6.45) is 6.15. The summed E-state index contributed by atoms with van der Waals surface area (Å²) in [5.41, 5.74) is 2.76. The van der Waals surface area contributed by atoms with Gasteiger partial charge in [-0.15, -0.1) is 4.91 Å². The molecule has 0 aromatic heterocycles. The van der Waals surface area contributed by atoms with E-state index < -0.39 is 0 Å². The van der Waals surface area contributed by atoms with Gasteiger partial charge in [0.2, 0.25) is 0 Å². The van der Waals surface area contributed by atoms with Crippen molar-refractivity contribution in [1.82, 2.24) is 0 Å². The molecule has 0 saturated heterocycles. The molecule has 2 rings (SSSR count). The SMILES string of the molecule is C=C(C)Nc1cccc(NC2CCCCC2)c1N=O. The average Bonchev–Trinajstić information content (AvgIpc) is 2.39. The summed E-state index contributed by atoms with van der Waals surface area (Å²) in [7, 11) is 0. The molecule has 0 aliphatic heterocycles. The lowest BCUT2D eigenvalue weighted by Gasteiger charge is -2.24. The van der Waals surface area contributed by atoms with Gasteiger partial charge in [-0.05, 0) is 37.1 Å². The molecule has 0 unspecified atom stereocenters. The first-order chi connectivity index (χ1) is 9.20. The molecule has 4 heteroatoms. The number of allylic oxidation sites excluding steroid dienone is 1. The van der Waals surface area contributed by atoms with Crippen LogP contribution in [0.1, 0.15) is 39.0 Å². The number of benzene rings is 1. The van der Waals surface area contributed by atoms with Crippen molar-refractivity contribution in [3.8, 4) is 0 Å². The molecule has 102 valence electrons. The topological polar surface area (TPSA) is 53.5 Å². The van der Waals surface area contributed by atoms with Crippen LogP contribution in [0.2, 0.25) is 0 Å². The minimum Gasteiger partial charge on any atom is -0.380 e. The second-order valence-electron chi connectivity index (χ2n) is 5.18. The Morgan fingerprint density at radius 1 is 1.26 bits per heavy atom. The highest BCUT2D eigenvalue weighted by molar-refractivity contribution is 5.80. The normalized spacial score (nSPS) is 15.8. The maximum Gasteiger partial charge on any atom is 0.154 e. The molecule has 1 aliphatic rings. The van der Waals surface area contributed by atoms with Crippen molar-refractivity contribution in [3.05, 3.63) is 35.4 Å². The van der Waals surface area contributed by atoms with Gasteiger partial charge in [0.1, 0.15) is 0 Å². The molecular formula is C15H21N3O. The van der Waals surface area contributed by atoms with E-state index in [-0.39, 0.29) is 0 Å². The van der Waals surface area contributed by atoms with E-state index in [1.807, 2.05) is 25.1 Å². The standard InChI is InChI=1S/C15H21N3O/c1-11(2)16-13-9-6-10-14(15(13)18-19)17-12-7-4-3-5-8-12/h6,9-10,12,16-17H,1,3-5,7-8H2,2H3. The van der Waals surface area contributed by atoms with Crippen LogP contribution in [0.4, 0.5) is 17.1 Å². The molecule has 1 saturated carbocycles. The highest BCUT2D eigenvalue weighted by Crippen LogP contribution is 2.35. The molecule has 0 heterocycles. The smallest absolute Gasteiger partial charge is 0.154 e. The first kappa shape index (κ1) is 13.6. The Kier molecular flexibility index (Phi) is 4.55. The van der Waals surface area contributed by atoms with E-state index in [1.165, 1.54) is 19.3 Å². The summed E-state index contributed by atoms with van der Waals surface area (Å²) in [4.78, 5) is 11.1. The summed E-state index contributed by atoms with van der Waals surface area (Å²) in [5.74, 6) is 0. The second kappa shape index (κ2) is 6.36. The molecule has 1 aromatic carbocycles. The zero-order valence-corrected chi connectivity index (χ0v) is 11.4. The van der Waals surface area contributed by atoms with Gasteiger partial charge in [0.15, 0.2) is 5.69 Å². The van der Waals surface area contributed by atoms with E-state index in [0.29, 0.717) is 17.4 Å². The van der Waals surface area contributed by atoms with Crippen LogP contribution in [-0.4, -0.2) is 6.04 Å². The van der Waals surface area contributed by atoms with Gasteiger partial charge in [0.05, 0.1) is 11.4 Å². The van der Waals surface area contributed by atoms with Crippen LogP contribution >= 0.6 is 0 Å². The van der Waals surface area contributed by atoms with E-state index in [1.54, 1.807) is 0 Å². The molecule has 1 aliphatic carbocycles. The fraction of sp³-hybridized carbons (Fsp3) is 0.467. The number of rotatable bonds is 5. The van der Waals surface area contributed by atoms with Crippen molar-refractivity contribution in [2.75, 3.05) is 10.6 Å². The van der Waals surface area contributed by atoms with Crippen LogP contribution in [0.3, 0.4) is 0 Å². The lowest BCUT2D eigenvalue weighted by atomic mass is 9.95. The lowest BCUT2D eigenvalue weighted by molar-refractivity contribution is 0.463. The largest absolute Gasteiger partial charge is 0.380 e. The number of nitrogens with one attached hydrogen (secondary N) is 2. The Bertz CT molecular complexity index is 464. The molecule has 0 radical (unpaired) electrons. The number of hydrogen-bond acceptors (Lipinski definition) is 4. The van der Waals surface area contributed by atoms with Crippen LogP contribution in [0.15, 0.2) is 35.7 Å². The minimum absolute atomic E-state index is 0.441. The maximum absolute atomic E-state index is 11.1. The third kappa shape index (κ3) is 3.56. The van der Waals surface area contributed by atoms with Crippen LogP contribution in [0, 0.1) is 4.91 Å². The van der Waals surface area contributed by atoms with Crippen molar-refractivity contribution in [1.29, 1.82) is 0 Å². The Morgan fingerprint density at radius 3 is 2.58 bits per heavy atom. The summed E-state index contributed by atoms with van der Waals surface area (Å²) in [6, 6.07) is 6.13. The van der Waals surface area contributed by atoms with Gasteiger partial charge in [0.25, 0.3) is 0 Å². The predicted octanol–water partition coefficient (Wildman–Crippen LogP) is 4.77. The molecule has 4 nitrogen and oxygen atoms in total. The lowest BCUT2D eigenvalue weighted by Crippen LogP contribution is -2.22. The molecule has 19 heavy (non-hydrogen) atoms. The Morgan fingerprint density at radius 2 is 1.95 bits per heavy atom. The molecular weight excluding hydrogens is 238 g/mol. The third-order valence-corrected chi connectivity index (χ3v) is 3.44. The van der Waals surface area contributed by atoms with Gasteiger partial charge < -0.3 is 10.6 Å². The zero-order valence-electron chi connectivity index (χ0n) is 11.4. The van der Waals surface area contributed by atoms with Gasteiger partial charge >= 0.3 is 0 Å². The van der Waals surface area contributed by atoms with Crippen molar-refractivity contribution in [2.24, 2.45) is 5.18 Å². The summed E-state index contributed by atoms with van der Waals surface area (Å²) in [6.45, 7) is 5.65. The van der Waals surface area contributed by atoms with Crippen LogP contribution in [0.25, 0.3) is 0 Å². The molecule has 0 amide bonds. The summed E-state index contributed by atoms with van der Waals surface area (Å²) in [5, 5.41) is 9.70. The van der Waals surface area contributed by atoms with Crippen LogP contribution < -0.4 is 10.6 Å². The van der Waals surface area contributed by atoms with Gasteiger partial charge in [-0.2, -0.15) is 0 Å². The van der Waals surface area contributed by atoms with E-state index in [2.05, 4.69) is 22.4 Å². The van der Waals surface area contributed by atoms with Gasteiger partial charge in [-0.1, -0.05) is 31.9 Å². The summed E-state index contributed by atoms with van der Waals surface area (Å²) < 4.78 is 0. The van der Waals surface area contributed by atoms with Crippen molar-refractivity contribution < 1.29 is 0 Å². The molecule has 0 bridgehead atoms. The van der Waals surface area contributed by atoms with E-state index in [0.717, 1.165) is 24.2 Å². The van der Waals surface area contributed by atoms with E-state index in [9.17, 15) is 4.91 Å². The maximum atomic E-state index is 11.1. The molecule has 1 aromatic rings. The average molecular weight is 259 g/mol. The third-order valence-electron chi connectivity index (χ3n) is 3.44. The molecule has 2 N–H and O–H groups in total. The second-order valence-corrected chi connectivity index (χ2v) is 5.18. The highest BCUT2D eigenvalue weighted by atomic mass is 16.3. The van der Waals surface area contributed by atoms with Crippen molar-refractivity contribution in [3.63, 3.8) is 0 Å². The molecule has 0 atom stereocenters. The number of nitroso groups, excluding NO2 is 1. The monoisotopic (exact) mass is 259 g/mol. The molecule has 0 spiro atoms. The van der Waals surface area contributed by atoms with E-state index >= 15 is 0 Å². The van der Waals surface area contributed by atoms with Crippen LogP contribution in [0.5, 0.6) is 0 Å². The fourth-order valence-corrected chi connectivity index (χ4v) is 2.56.